The molecule has 2 rings (SSSR count). The topological polar surface area (TPSA) is 49.4 Å². The van der Waals surface area contributed by atoms with Crippen LogP contribution in [0.3, 0.4) is 0 Å². The highest BCUT2D eigenvalue weighted by atomic mass is 35.5. The summed E-state index contributed by atoms with van der Waals surface area (Å²) in [5.41, 5.74) is 0.480. The smallest absolute Gasteiger partial charge is 0.246 e. The molecule has 7 heteroatoms. The Kier molecular flexibility index (Phi) is 6.63. The van der Waals surface area contributed by atoms with Crippen LogP contribution in [0.25, 0.3) is 6.08 Å². The Morgan fingerprint density at radius 2 is 1.96 bits per heavy atom. The standard InChI is InChI=1S/C17H19Cl2FN2O2/c1-2-21-17(24)12-7-9-22(10-8-12)14(23)6-4-11-3-5-13(20)16(19)15(11)18/h3-6,12H,2,7-10H2,1H3,(H,21,24)/b6-4+. The van der Waals surface area contributed by atoms with Gasteiger partial charge in [0.05, 0.1) is 10.0 Å². The lowest BCUT2D eigenvalue weighted by atomic mass is 9.96. The molecule has 24 heavy (non-hydrogen) atoms. The average Bonchev–Trinajstić information content (AvgIpc) is 2.59. The molecule has 130 valence electrons. The van der Waals surface area contributed by atoms with Crippen molar-refractivity contribution in [3.05, 3.63) is 39.6 Å². The summed E-state index contributed by atoms with van der Waals surface area (Å²) in [6.07, 6.45) is 4.21. The zero-order valence-corrected chi connectivity index (χ0v) is 14.8. The third-order valence-corrected chi connectivity index (χ3v) is 4.87. The first-order valence-corrected chi connectivity index (χ1v) is 8.57. The minimum Gasteiger partial charge on any atom is -0.356 e. The third-order valence-electron chi connectivity index (χ3n) is 4.00. The molecule has 0 radical (unpaired) electrons. The molecule has 1 saturated heterocycles. The predicted octanol–water partition coefficient (Wildman–Crippen LogP) is 3.52. The van der Waals surface area contributed by atoms with Gasteiger partial charge in [0.1, 0.15) is 5.82 Å². The molecule has 1 aromatic carbocycles. The minimum absolute atomic E-state index is 0.0386. The van der Waals surface area contributed by atoms with Gasteiger partial charge in [-0.05, 0) is 37.5 Å². The zero-order valence-electron chi connectivity index (χ0n) is 13.3. The molecule has 0 saturated carbocycles. The van der Waals surface area contributed by atoms with Crippen LogP contribution in [0.15, 0.2) is 18.2 Å². The van der Waals surface area contributed by atoms with Gasteiger partial charge in [0.15, 0.2) is 0 Å². The molecule has 1 fully saturated rings. The Morgan fingerprint density at radius 1 is 1.29 bits per heavy atom. The first-order chi connectivity index (χ1) is 11.4. The van der Waals surface area contributed by atoms with E-state index in [1.54, 1.807) is 4.90 Å². The number of rotatable bonds is 4. The van der Waals surface area contributed by atoms with Gasteiger partial charge in [0.2, 0.25) is 11.8 Å². The van der Waals surface area contributed by atoms with Gasteiger partial charge in [-0.25, -0.2) is 4.39 Å². The van der Waals surface area contributed by atoms with E-state index in [1.807, 2.05) is 6.92 Å². The number of likely N-dealkylation sites (tertiary alicyclic amines) is 1. The first kappa shape index (κ1) is 18.7. The van der Waals surface area contributed by atoms with Crippen molar-refractivity contribution in [3.63, 3.8) is 0 Å². The molecule has 0 bridgehead atoms. The van der Waals surface area contributed by atoms with Crippen molar-refractivity contribution in [2.75, 3.05) is 19.6 Å². The number of nitrogens with one attached hydrogen (secondary N) is 1. The largest absolute Gasteiger partial charge is 0.356 e. The SMILES string of the molecule is CCNC(=O)C1CCN(C(=O)/C=C/c2ccc(F)c(Cl)c2Cl)CC1. The van der Waals surface area contributed by atoms with Crippen LogP contribution in [0, 0.1) is 11.7 Å². The quantitative estimate of drug-likeness (QED) is 0.649. The Morgan fingerprint density at radius 3 is 2.58 bits per heavy atom. The number of nitrogens with zero attached hydrogens (tertiary/aromatic N) is 1. The molecule has 1 aliphatic heterocycles. The summed E-state index contributed by atoms with van der Waals surface area (Å²) in [5.74, 6) is -0.755. The average molecular weight is 373 g/mol. The molecule has 1 heterocycles. The Bertz CT molecular complexity index is 656. The molecule has 0 aromatic heterocycles. The molecule has 0 aliphatic carbocycles. The van der Waals surface area contributed by atoms with E-state index in [0.29, 0.717) is 38.0 Å². The van der Waals surface area contributed by atoms with Crippen molar-refractivity contribution in [2.45, 2.75) is 19.8 Å². The minimum atomic E-state index is -0.599. The second-order valence-electron chi connectivity index (χ2n) is 5.59. The van der Waals surface area contributed by atoms with Crippen LogP contribution in [-0.2, 0) is 9.59 Å². The molecular formula is C17H19Cl2FN2O2. The van der Waals surface area contributed by atoms with E-state index in [-0.39, 0.29) is 27.8 Å². The van der Waals surface area contributed by atoms with E-state index in [0.717, 1.165) is 0 Å². The zero-order chi connectivity index (χ0) is 17.7. The lowest BCUT2D eigenvalue weighted by Gasteiger charge is -2.30. The fourth-order valence-electron chi connectivity index (χ4n) is 2.62. The van der Waals surface area contributed by atoms with Crippen LogP contribution in [0.1, 0.15) is 25.3 Å². The number of piperidine rings is 1. The van der Waals surface area contributed by atoms with Crippen molar-refractivity contribution >= 4 is 41.1 Å². The lowest BCUT2D eigenvalue weighted by molar-refractivity contribution is -0.132. The van der Waals surface area contributed by atoms with Crippen molar-refractivity contribution in [3.8, 4) is 0 Å². The maximum atomic E-state index is 13.3. The van der Waals surface area contributed by atoms with Gasteiger partial charge in [-0.15, -0.1) is 0 Å². The number of hydrogen-bond donors (Lipinski definition) is 1. The second-order valence-corrected chi connectivity index (χ2v) is 6.35. The highest BCUT2D eigenvalue weighted by molar-refractivity contribution is 6.43. The first-order valence-electron chi connectivity index (χ1n) is 7.82. The lowest BCUT2D eigenvalue weighted by Crippen LogP contribution is -2.42. The number of benzene rings is 1. The highest BCUT2D eigenvalue weighted by Crippen LogP contribution is 2.29. The molecule has 1 aromatic rings. The number of carbonyl (C=O) groups is 2. The van der Waals surface area contributed by atoms with Gasteiger partial charge in [0.25, 0.3) is 0 Å². The number of halogens is 3. The monoisotopic (exact) mass is 372 g/mol. The van der Waals surface area contributed by atoms with E-state index < -0.39 is 5.82 Å². The van der Waals surface area contributed by atoms with Gasteiger partial charge in [0, 0.05) is 31.6 Å². The Labute approximate surface area is 150 Å². The summed E-state index contributed by atoms with van der Waals surface area (Å²) in [5, 5.41) is 2.73. The van der Waals surface area contributed by atoms with Crippen molar-refractivity contribution in [1.82, 2.24) is 10.2 Å². The summed E-state index contributed by atoms with van der Waals surface area (Å²) in [7, 11) is 0. The van der Waals surface area contributed by atoms with E-state index in [4.69, 9.17) is 23.2 Å². The van der Waals surface area contributed by atoms with Crippen LogP contribution < -0.4 is 5.32 Å². The van der Waals surface area contributed by atoms with E-state index >= 15 is 0 Å². The summed E-state index contributed by atoms with van der Waals surface area (Å²) in [4.78, 5) is 25.7. The summed E-state index contributed by atoms with van der Waals surface area (Å²) in [6, 6.07) is 2.67. The van der Waals surface area contributed by atoms with Crippen molar-refractivity contribution in [1.29, 1.82) is 0 Å². The molecule has 0 unspecified atom stereocenters. The maximum absolute atomic E-state index is 13.3. The molecular weight excluding hydrogens is 354 g/mol. The van der Waals surface area contributed by atoms with E-state index in [2.05, 4.69) is 5.32 Å². The van der Waals surface area contributed by atoms with Gasteiger partial charge in [-0.2, -0.15) is 0 Å². The summed E-state index contributed by atoms with van der Waals surface area (Å²) >= 11 is 11.7. The number of carbonyl (C=O) groups excluding carboxylic acids is 2. The van der Waals surface area contributed by atoms with Crippen LogP contribution in [-0.4, -0.2) is 36.3 Å². The van der Waals surface area contributed by atoms with E-state index in [9.17, 15) is 14.0 Å². The number of hydrogen-bond acceptors (Lipinski definition) is 2. The second kappa shape index (κ2) is 8.49. The maximum Gasteiger partial charge on any atom is 0.246 e. The van der Waals surface area contributed by atoms with Crippen molar-refractivity contribution in [2.24, 2.45) is 5.92 Å². The summed E-state index contributed by atoms with van der Waals surface area (Å²) < 4.78 is 13.3. The predicted molar refractivity (Wildman–Crippen MR) is 93.4 cm³/mol. The van der Waals surface area contributed by atoms with Crippen LogP contribution in [0.4, 0.5) is 4.39 Å². The van der Waals surface area contributed by atoms with Gasteiger partial charge < -0.3 is 10.2 Å². The van der Waals surface area contributed by atoms with Crippen LogP contribution >= 0.6 is 23.2 Å². The molecule has 4 nitrogen and oxygen atoms in total. The van der Waals surface area contributed by atoms with Gasteiger partial charge >= 0.3 is 0 Å². The van der Waals surface area contributed by atoms with Gasteiger partial charge in [-0.1, -0.05) is 29.3 Å². The Balaban J connectivity index is 1.94. The fraction of sp³-hybridized carbons (Fsp3) is 0.412. The van der Waals surface area contributed by atoms with Gasteiger partial charge in [-0.3, -0.25) is 9.59 Å². The molecule has 1 N–H and O–H groups in total. The third kappa shape index (κ3) is 4.48. The number of amides is 2. The molecule has 0 atom stereocenters. The van der Waals surface area contributed by atoms with Crippen LogP contribution in [0.5, 0.6) is 0 Å². The molecule has 1 aliphatic rings. The normalized spacial score (nSPS) is 15.8. The fourth-order valence-corrected chi connectivity index (χ4v) is 3.01. The molecule has 0 spiro atoms. The Hall–Kier alpha value is -1.59. The van der Waals surface area contributed by atoms with E-state index in [1.165, 1.54) is 24.3 Å². The molecule has 2 amide bonds. The van der Waals surface area contributed by atoms with Crippen LogP contribution in [0.2, 0.25) is 10.0 Å². The van der Waals surface area contributed by atoms with Crippen molar-refractivity contribution < 1.29 is 14.0 Å². The summed E-state index contributed by atoms with van der Waals surface area (Å²) in [6.45, 7) is 3.56. The highest BCUT2D eigenvalue weighted by Gasteiger charge is 2.26.